The van der Waals surface area contributed by atoms with Gasteiger partial charge in [0.2, 0.25) is 8.38 Å². The van der Waals surface area contributed by atoms with E-state index in [-0.39, 0.29) is 0 Å². The minimum Gasteiger partial charge on any atom is -0.447 e. The summed E-state index contributed by atoms with van der Waals surface area (Å²) in [5.41, 5.74) is 1.16. The maximum absolute atomic E-state index is 5.62. The van der Waals surface area contributed by atoms with Crippen molar-refractivity contribution < 1.29 is 9.05 Å². The van der Waals surface area contributed by atoms with Crippen molar-refractivity contribution in [3.63, 3.8) is 0 Å². The van der Waals surface area contributed by atoms with E-state index in [9.17, 15) is 0 Å². The first-order chi connectivity index (χ1) is 5.90. The fourth-order valence-corrected chi connectivity index (χ4v) is 2.19. The Bertz CT molecular complexity index is 275. The number of benzene rings is 1. The van der Waals surface area contributed by atoms with E-state index in [4.69, 9.17) is 9.05 Å². The molecule has 1 aromatic carbocycles. The number of fused-ring (bicyclic) bond motifs is 1. The Hall–Kier alpha value is -0.590. The molecule has 64 valence electrons. The van der Waals surface area contributed by atoms with Gasteiger partial charge in [-0.05, 0) is 6.07 Å². The molecule has 1 aliphatic rings. The van der Waals surface area contributed by atoms with Crippen molar-refractivity contribution in [2.75, 3.05) is 6.16 Å². The van der Waals surface area contributed by atoms with Crippen molar-refractivity contribution >= 4 is 8.38 Å². The van der Waals surface area contributed by atoms with E-state index in [0.717, 1.165) is 17.5 Å². The first kappa shape index (κ1) is 8.03. The second kappa shape index (κ2) is 3.42. The summed E-state index contributed by atoms with van der Waals surface area (Å²) in [6.07, 6.45) is 0.962. The second-order valence-corrected chi connectivity index (χ2v) is 4.36. The Balaban J connectivity index is 2.23. The maximum Gasteiger partial charge on any atom is 0.230 e. The van der Waals surface area contributed by atoms with Crippen LogP contribution in [0, 0.1) is 0 Å². The van der Waals surface area contributed by atoms with E-state index < -0.39 is 8.38 Å². The molecule has 1 atom stereocenters. The zero-order chi connectivity index (χ0) is 8.39. The molecule has 0 saturated heterocycles. The number of para-hydroxylation sites is 1. The summed E-state index contributed by atoms with van der Waals surface area (Å²) >= 11 is 0. The van der Waals surface area contributed by atoms with Gasteiger partial charge in [-0.3, -0.25) is 0 Å². The molecule has 0 saturated carbocycles. The number of hydrogen-bond donors (Lipinski definition) is 0. The highest BCUT2D eigenvalue weighted by Gasteiger charge is 2.18. The molecule has 1 aliphatic heterocycles. The highest BCUT2D eigenvalue weighted by atomic mass is 31.2. The van der Waals surface area contributed by atoms with Crippen LogP contribution in [0.2, 0.25) is 0 Å². The quantitative estimate of drug-likeness (QED) is 0.621. The van der Waals surface area contributed by atoms with E-state index in [1.54, 1.807) is 0 Å². The summed E-state index contributed by atoms with van der Waals surface area (Å²) in [6, 6.07) is 8.04. The molecule has 0 radical (unpaired) electrons. The zero-order valence-corrected chi connectivity index (χ0v) is 7.88. The summed E-state index contributed by atoms with van der Waals surface area (Å²) in [4.78, 5) is 0. The fourth-order valence-electron chi connectivity index (χ4n) is 1.15. The van der Waals surface area contributed by atoms with Crippen molar-refractivity contribution in [2.45, 2.75) is 13.5 Å². The van der Waals surface area contributed by atoms with Gasteiger partial charge in [0.1, 0.15) is 5.75 Å². The van der Waals surface area contributed by atoms with E-state index in [0.29, 0.717) is 6.61 Å². The first-order valence-electron chi connectivity index (χ1n) is 4.06. The SMILES string of the molecule is CCP1OCc2ccccc2O1. The Morgan fingerprint density at radius 1 is 1.42 bits per heavy atom. The summed E-state index contributed by atoms with van der Waals surface area (Å²) in [6.45, 7) is 2.79. The van der Waals surface area contributed by atoms with Gasteiger partial charge in [0.05, 0.1) is 6.61 Å². The normalized spacial score (nSPS) is 21.2. The van der Waals surface area contributed by atoms with Crippen LogP contribution in [0.15, 0.2) is 24.3 Å². The van der Waals surface area contributed by atoms with E-state index in [1.807, 2.05) is 24.3 Å². The van der Waals surface area contributed by atoms with Gasteiger partial charge in [0.25, 0.3) is 0 Å². The second-order valence-electron chi connectivity index (χ2n) is 2.62. The Morgan fingerprint density at radius 3 is 3.08 bits per heavy atom. The number of rotatable bonds is 1. The van der Waals surface area contributed by atoms with Gasteiger partial charge >= 0.3 is 0 Å². The Kier molecular flexibility index (Phi) is 2.29. The minimum absolute atomic E-state index is 0.656. The molecule has 0 amide bonds. The fraction of sp³-hybridized carbons (Fsp3) is 0.333. The molecule has 0 fully saturated rings. The van der Waals surface area contributed by atoms with Gasteiger partial charge in [-0.2, -0.15) is 0 Å². The predicted octanol–water partition coefficient (Wildman–Crippen LogP) is 2.93. The lowest BCUT2D eigenvalue weighted by atomic mass is 10.2. The van der Waals surface area contributed by atoms with E-state index in [1.165, 1.54) is 0 Å². The van der Waals surface area contributed by atoms with Gasteiger partial charge in [-0.1, -0.05) is 25.1 Å². The van der Waals surface area contributed by atoms with Crippen LogP contribution in [-0.2, 0) is 11.1 Å². The molecule has 1 unspecified atom stereocenters. The van der Waals surface area contributed by atoms with Crippen LogP contribution >= 0.6 is 8.38 Å². The van der Waals surface area contributed by atoms with Crippen LogP contribution < -0.4 is 4.52 Å². The minimum atomic E-state index is -0.656. The summed E-state index contributed by atoms with van der Waals surface area (Å²) in [5, 5.41) is 0. The highest BCUT2D eigenvalue weighted by Crippen LogP contribution is 2.45. The third-order valence-corrected chi connectivity index (χ3v) is 3.13. The maximum atomic E-state index is 5.62. The standard InChI is InChI=1S/C9H11O2P/c1-2-12-10-7-8-5-3-4-6-9(8)11-12/h3-6H,2,7H2,1H3. The summed E-state index contributed by atoms with van der Waals surface area (Å²) in [5.74, 6) is 0.997. The molecule has 1 aromatic rings. The lowest BCUT2D eigenvalue weighted by Gasteiger charge is -2.23. The van der Waals surface area contributed by atoms with Gasteiger partial charge in [0, 0.05) is 11.7 Å². The van der Waals surface area contributed by atoms with Crippen molar-refractivity contribution in [2.24, 2.45) is 0 Å². The van der Waals surface area contributed by atoms with Gasteiger partial charge in [-0.15, -0.1) is 0 Å². The number of hydrogen-bond acceptors (Lipinski definition) is 2. The van der Waals surface area contributed by atoms with Crippen LogP contribution in [0.4, 0.5) is 0 Å². The van der Waals surface area contributed by atoms with Gasteiger partial charge in [0.15, 0.2) is 0 Å². The molecule has 0 aliphatic carbocycles. The van der Waals surface area contributed by atoms with E-state index in [2.05, 4.69) is 6.92 Å². The average molecular weight is 182 g/mol. The van der Waals surface area contributed by atoms with E-state index >= 15 is 0 Å². The molecule has 2 rings (SSSR count). The van der Waals surface area contributed by atoms with Crippen molar-refractivity contribution in [1.29, 1.82) is 0 Å². The van der Waals surface area contributed by atoms with Crippen molar-refractivity contribution in [1.82, 2.24) is 0 Å². The molecule has 3 heteroatoms. The molecule has 0 aromatic heterocycles. The van der Waals surface area contributed by atoms with Crippen LogP contribution in [0.3, 0.4) is 0 Å². The lowest BCUT2D eigenvalue weighted by molar-refractivity contribution is 0.278. The summed E-state index contributed by atoms with van der Waals surface area (Å²) < 4.78 is 11.1. The van der Waals surface area contributed by atoms with Crippen LogP contribution in [0.25, 0.3) is 0 Å². The highest BCUT2D eigenvalue weighted by molar-refractivity contribution is 7.47. The van der Waals surface area contributed by atoms with Crippen LogP contribution in [0.1, 0.15) is 12.5 Å². The first-order valence-corrected chi connectivity index (χ1v) is 5.42. The molecule has 1 heterocycles. The Labute approximate surface area is 73.4 Å². The lowest BCUT2D eigenvalue weighted by Crippen LogP contribution is -2.04. The monoisotopic (exact) mass is 182 g/mol. The third kappa shape index (κ3) is 1.45. The largest absolute Gasteiger partial charge is 0.447 e. The summed E-state index contributed by atoms with van der Waals surface area (Å²) in [7, 11) is -0.656. The molecular formula is C9H11O2P. The van der Waals surface area contributed by atoms with Gasteiger partial charge in [-0.25, -0.2) is 0 Å². The smallest absolute Gasteiger partial charge is 0.230 e. The zero-order valence-electron chi connectivity index (χ0n) is 6.99. The Morgan fingerprint density at radius 2 is 2.25 bits per heavy atom. The molecule has 12 heavy (non-hydrogen) atoms. The third-order valence-electron chi connectivity index (χ3n) is 1.80. The topological polar surface area (TPSA) is 18.5 Å². The van der Waals surface area contributed by atoms with Gasteiger partial charge < -0.3 is 9.05 Å². The molecule has 0 N–H and O–H groups in total. The van der Waals surface area contributed by atoms with Crippen LogP contribution in [0.5, 0.6) is 5.75 Å². The molecule has 0 bridgehead atoms. The molecule has 0 spiro atoms. The van der Waals surface area contributed by atoms with Crippen molar-refractivity contribution in [3.8, 4) is 5.75 Å². The van der Waals surface area contributed by atoms with Crippen LogP contribution in [-0.4, -0.2) is 6.16 Å². The molecule has 2 nitrogen and oxygen atoms in total. The molecular weight excluding hydrogens is 171 g/mol. The average Bonchev–Trinajstić information content (AvgIpc) is 2.17. The predicted molar refractivity (Wildman–Crippen MR) is 49.3 cm³/mol. The van der Waals surface area contributed by atoms with Crippen molar-refractivity contribution in [3.05, 3.63) is 29.8 Å².